The van der Waals surface area contributed by atoms with E-state index >= 15 is 0 Å². The highest BCUT2D eigenvalue weighted by atomic mass is 35.5. The molecule has 0 spiro atoms. The van der Waals surface area contributed by atoms with Crippen LogP contribution in [0.2, 0.25) is 0 Å². The van der Waals surface area contributed by atoms with Crippen molar-refractivity contribution in [1.82, 2.24) is 4.90 Å². The predicted molar refractivity (Wildman–Crippen MR) is 93.2 cm³/mol. The van der Waals surface area contributed by atoms with Gasteiger partial charge in [0.15, 0.2) is 5.17 Å². The van der Waals surface area contributed by atoms with Crippen molar-refractivity contribution in [1.29, 1.82) is 0 Å². The molecule has 0 aliphatic carbocycles. The molecule has 0 unspecified atom stereocenters. The van der Waals surface area contributed by atoms with Crippen LogP contribution in [0.15, 0.2) is 59.6 Å². The monoisotopic (exact) mass is 344 g/mol. The molecule has 1 heterocycles. The third kappa shape index (κ3) is 4.00. The summed E-state index contributed by atoms with van der Waals surface area (Å²) in [6.07, 6.45) is 0. The highest BCUT2D eigenvalue weighted by Gasteiger charge is 2.26. The van der Waals surface area contributed by atoms with Gasteiger partial charge in [-0.2, -0.15) is 0 Å². The van der Waals surface area contributed by atoms with Gasteiger partial charge in [0.1, 0.15) is 0 Å². The van der Waals surface area contributed by atoms with Gasteiger partial charge in [0, 0.05) is 12.1 Å². The maximum atomic E-state index is 11.8. The Morgan fingerprint density at radius 3 is 2.48 bits per heavy atom. The van der Waals surface area contributed by atoms with Crippen molar-refractivity contribution in [3.8, 4) is 0 Å². The molecular weight excluding hydrogens is 332 g/mol. The molecule has 2 aromatic rings. The Balaban J connectivity index is 1.81. The molecule has 116 valence electrons. The van der Waals surface area contributed by atoms with Crippen molar-refractivity contribution in [3.05, 3.63) is 65.7 Å². The Morgan fingerprint density at radius 1 is 1.13 bits per heavy atom. The normalized spacial score (nSPS) is 16.1. The lowest BCUT2D eigenvalue weighted by Crippen LogP contribution is -2.24. The van der Waals surface area contributed by atoms with E-state index in [1.54, 1.807) is 24.3 Å². The second-order valence-corrected chi connectivity index (χ2v) is 6.40. The SMILES string of the molecule is O=C1CN(Cc2ccccc2)C(=Nc2ccc(C(=O)Cl)cc2)S1. The molecule has 0 atom stereocenters. The zero-order valence-corrected chi connectivity index (χ0v) is 13.7. The first-order chi connectivity index (χ1) is 11.1. The molecule has 1 aliphatic heterocycles. The summed E-state index contributed by atoms with van der Waals surface area (Å²) in [6.45, 7) is 0.979. The lowest BCUT2D eigenvalue weighted by molar-refractivity contribution is -0.110. The van der Waals surface area contributed by atoms with E-state index in [2.05, 4.69) is 4.99 Å². The molecule has 0 bridgehead atoms. The van der Waals surface area contributed by atoms with Crippen molar-refractivity contribution in [2.24, 2.45) is 4.99 Å². The average Bonchev–Trinajstić information content (AvgIpc) is 2.88. The maximum absolute atomic E-state index is 11.8. The number of halogens is 1. The lowest BCUT2D eigenvalue weighted by Gasteiger charge is -2.16. The van der Waals surface area contributed by atoms with Crippen LogP contribution in [0.1, 0.15) is 15.9 Å². The molecule has 3 rings (SSSR count). The highest BCUT2D eigenvalue weighted by Crippen LogP contribution is 2.25. The molecule has 1 aliphatic rings. The van der Waals surface area contributed by atoms with Gasteiger partial charge >= 0.3 is 0 Å². The van der Waals surface area contributed by atoms with E-state index in [1.165, 1.54) is 0 Å². The van der Waals surface area contributed by atoms with E-state index in [1.807, 2.05) is 35.2 Å². The summed E-state index contributed by atoms with van der Waals surface area (Å²) in [5.41, 5.74) is 2.23. The zero-order valence-electron chi connectivity index (χ0n) is 12.1. The van der Waals surface area contributed by atoms with Gasteiger partial charge < -0.3 is 4.90 Å². The van der Waals surface area contributed by atoms with Crippen LogP contribution in [0, 0.1) is 0 Å². The van der Waals surface area contributed by atoms with Gasteiger partial charge in [-0.3, -0.25) is 9.59 Å². The van der Waals surface area contributed by atoms with Crippen LogP contribution in [-0.2, 0) is 11.3 Å². The van der Waals surface area contributed by atoms with Gasteiger partial charge in [-0.25, -0.2) is 4.99 Å². The maximum Gasteiger partial charge on any atom is 0.252 e. The van der Waals surface area contributed by atoms with Crippen molar-refractivity contribution < 1.29 is 9.59 Å². The molecule has 0 radical (unpaired) electrons. The second-order valence-electron chi connectivity index (χ2n) is 5.03. The van der Waals surface area contributed by atoms with Crippen LogP contribution in [-0.4, -0.2) is 27.0 Å². The Morgan fingerprint density at radius 2 is 1.83 bits per heavy atom. The minimum atomic E-state index is -0.500. The first-order valence-corrected chi connectivity index (χ1v) is 8.19. The van der Waals surface area contributed by atoms with Crippen LogP contribution < -0.4 is 0 Å². The largest absolute Gasteiger partial charge is 0.338 e. The lowest BCUT2D eigenvalue weighted by atomic mass is 10.2. The summed E-state index contributed by atoms with van der Waals surface area (Å²) in [5.74, 6) is 0. The summed E-state index contributed by atoms with van der Waals surface area (Å²) in [6, 6.07) is 16.6. The molecule has 23 heavy (non-hydrogen) atoms. The summed E-state index contributed by atoms with van der Waals surface area (Å²) in [5, 5.41) is 0.247. The van der Waals surface area contributed by atoms with Gasteiger partial charge in [-0.05, 0) is 53.2 Å². The van der Waals surface area contributed by atoms with E-state index in [4.69, 9.17) is 11.6 Å². The number of thioether (sulfide) groups is 1. The van der Waals surface area contributed by atoms with Crippen molar-refractivity contribution in [2.45, 2.75) is 6.54 Å². The fourth-order valence-corrected chi connectivity index (χ4v) is 3.18. The standard InChI is InChI=1S/C17H13ClN2O2S/c18-16(22)13-6-8-14(9-7-13)19-17-20(11-15(21)23-17)10-12-4-2-1-3-5-12/h1-9H,10-11H2. The number of hydrogen-bond acceptors (Lipinski definition) is 4. The van der Waals surface area contributed by atoms with E-state index in [9.17, 15) is 9.59 Å². The van der Waals surface area contributed by atoms with Gasteiger partial charge in [0.2, 0.25) is 5.12 Å². The minimum absolute atomic E-state index is 0.0761. The van der Waals surface area contributed by atoms with E-state index in [0.29, 0.717) is 29.5 Å². The van der Waals surface area contributed by atoms with Crippen LogP contribution in [0.5, 0.6) is 0 Å². The zero-order chi connectivity index (χ0) is 16.2. The molecular formula is C17H13ClN2O2S. The van der Waals surface area contributed by atoms with Gasteiger partial charge in [-0.15, -0.1) is 0 Å². The van der Waals surface area contributed by atoms with Crippen LogP contribution >= 0.6 is 23.4 Å². The Hall–Kier alpha value is -2.11. The predicted octanol–water partition coefficient (Wildman–Crippen LogP) is 3.83. The molecule has 0 amide bonds. The number of hydrogen-bond donors (Lipinski definition) is 0. The smallest absolute Gasteiger partial charge is 0.252 e. The van der Waals surface area contributed by atoms with Crippen LogP contribution in [0.3, 0.4) is 0 Å². The Kier molecular flexibility index (Phi) is 4.79. The summed E-state index contributed by atoms with van der Waals surface area (Å²) < 4.78 is 0. The number of aliphatic imine (C=N–C) groups is 1. The second kappa shape index (κ2) is 6.98. The average molecular weight is 345 g/mol. The third-order valence-corrected chi connectivity index (χ3v) is 4.44. The molecule has 0 N–H and O–H groups in total. The van der Waals surface area contributed by atoms with E-state index in [0.717, 1.165) is 17.3 Å². The summed E-state index contributed by atoms with van der Waals surface area (Å²) in [7, 11) is 0. The van der Waals surface area contributed by atoms with E-state index in [-0.39, 0.29) is 5.12 Å². The number of amidine groups is 1. The molecule has 0 saturated carbocycles. The summed E-state index contributed by atoms with van der Waals surface area (Å²) in [4.78, 5) is 29.3. The first-order valence-electron chi connectivity index (χ1n) is 7.00. The molecule has 0 aromatic heterocycles. The number of benzene rings is 2. The van der Waals surface area contributed by atoms with Crippen LogP contribution in [0.4, 0.5) is 5.69 Å². The number of carbonyl (C=O) groups is 2. The molecule has 1 saturated heterocycles. The van der Waals surface area contributed by atoms with Crippen molar-refractivity contribution in [3.63, 3.8) is 0 Å². The van der Waals surface area contributed by atoms with E-state index < -0.39 is 5.24 Å². The van der Waals surface area contributed by atoms with Crippen molar-refractivity contribution >= 4 is 44.6 Å². The van der Waals surface area contributed by atoms with Crippen molar-refractivity contribution in [2.75, 3.05) is 6.54 Å². The fourth-order valence-electron chi connectivity index (χ4n) is 2.22. The Bertz CT molecular complexity index is 760. The Labute approximate surface area is 143 Å². The number of rotatable bonds is 4. The minimum Gasteiger partial charge on any atom is -0.338 e. The quantitative estimate of drug-likeness (QED) is 0.791. The highest BCUT2D eigenvalue weighted by molar-refractivity contribution is 8.26. The summed E-state index contributed by atoms with van der Waals surface area (Å²) >= 11 is 6.57. The fraction of sp³-hybridized carbons (Fsp3) is 0.118. The molecule has 1 fully saturated rings. The molecule has 4 nitrogen and oxygen atoms in total. The molecule has 6 heteroatoms. The number of nitrogens with zero attached hydrogens (tertiary/aromatic N) is 2. The van der Waals surface area contributed by atoms with Crippen LogP contribution in [0.25, 0.3) is 0 Å². The van der Waals surface area contributed by atoms with Gasteiger partial charge in [-0.1, -0.05) is 30.3 Å². The topological polar surface area (TPSA) is 49.7 Å². The molecule has 2 aromatic carbocycles. The van der Waals surface area contributed by atoms with Gasteiger partial charge in [0.05, 0.1) is 12.2 Å². The first kappa shape index (κ1) is 15.8. The van der Waals surface area contributed by atoms with Gasteiger partial charge in [0.25, 0.3) is 5.24 Å². The third-order valence-electron chi connectivity index (χ3n) is 3.33. The number of carbonyl (C=O) groups excluding carboxylic acids is 2.